The van der Waals surface area contributed by atoms with Crippen molar-refractivity contribution in [3.05, 3.63) is 12.7 Å². The van der Waals surface area contributed by atoms with Crippen molar-refractivity contribution in [1.82, 2.24) is 5.32 Å². The summed E-state index contributed by atoms with van der Waals surface area (Å²) in [6.45, 7) is 5.23. The van der Waals surface area contributed by atoms with Crippen LogP contribution < -0.4 is 11.1 Å². The molecule has 5 nitrogen and oxygen atoms in total. The number of carbonyl (C=O) groups excluding carboxylic acids is 1. The lowest BCUT2D eigenvalue weighted by Crippen LogP contribution is -2.55. The van der Waals surface area contributed by atoms with E-state index in [2.05, 4.69) is 11.9 Å². The highest BCUT2D eigenvalue weighted by atomic mass is 16.4. The minimum atomic E-state index is -0.887. The molecule has 4 N–H and O–H groups in total. The first-order valence-corrected chi connectivity index (χ1v) is 6.32. The molecule has 0 saturated heterocycles. The van der Waals surface area contributed by atoms with Crippen LogP contribution in [0.4, 0.5) is 0 Å². The van der Waals surface area contributed by atoms with Gasteiger partial charge in [-0.25, -0.2) is 0 Å². The third-order valence-corrected chi connectivity index (χ3v) is 3.77. The normalized spacial score (nSPS) is 29.3. The Hall–Kier alpha value is -1.36. The first-order chi connectivity index (χ1) is 8.41. The molecular formula is C13H22N2O3. The van der Waals surface area contributed by atoms with Crippen molar-refractivity contribution in [1.29, 1.82) is 0 Å². The predicted octanol–water partition coefficient (Wildman–Crippen LogP) is 1.04. The monoisotopic (exact) mass is 254 g/mol. The number of amides is 1. The fourth-order valence-corrected chi connectivity index (χ4v) is 2.39. The quantitative estimate of drug-likeness (QED) is 0.639. The molecule has 0 aliphatic heterocycles. The Morgan fingerprint density at radius 1 is 1.61 bits per heavy atom. The first kappa shape index (κ1) is 14.7. The molecule has 0 spiro atoms. The van der Waals surface area contributed by atoms with Gasteiger partial charge in [0.25, 0.3) is 0 Å². The molecule has 18 heavy (non-hydrogen) atoms. The molecule has 0 aromatic rings. The van der Waals surface area contributed by atoms with Gasteiger partial charge < -0.3 is 16.2 Å². The fourth-order valence-electron chi connectivity index (χ4n) is 2.39. The number of hydrogen-bond donors (Lipinski definition) is 3. The topological polar surface area (TPSA) is 92.4 Å². The van der Waals surface area contributed by atoms with Crippen LogP contribution in [-0.4, -0.2) is 29.1 Å². The van der Waals surface area contributed by atoms with Gasteiger partial charge in [-0.3, -0.25) is 9.59 Å². The molecule has 102 valence electrons. The second kappa shape index (κ2) is 6.00. The summed E-state index contributed by atoms with van der Waals surface area (Å²) < 4.78 is 0. The van der Waals surface area contributed by atoms with E-state index >= 15 is 0 Å². The molecule has 1 saturated carbocycles. The van der Waals surface area contributed by atoms with Crippen LogP contribution in [0.2, 0.25) is 0 Å². The van der Waals surface area contributed by atoms with Crippen molar-refractivity contribution in [3.8, 4) is 0 Å². The maximum absolute atomic E-state index is 11.8. The van der Waals surface area contributed by atoms with E-state index in [1.54, 1.807) is 13.0 Å². The van der Waals surface area contributed by atoms with Crippen LogP contribution in [0.5, 0.6) is 0 Å². The smallest absolute Gasteiger partial charge is 0.311 e. The number of nitrogens with one attached hydrogen (secondary N) is 1. The Morgan fingerprint density at radius 3 is 2.83 bits per heavy atom. The highest BCUT2D eigenvalue weighted by molar-refractivity contribution is 5.83. The molecule has 3 unspecified atom stereocenters. The van der Waals surface area contributed by atoms with Gasteiger partial charge in [-0.1, -0.05) is 18.9 Å². The molecule has 1 aliphatic rings. The van der Waals surface area contributed by atoms with Gasteiger partial charge in [-0.2, -0.15) is 0 Å². The van der Waals surface area contributed by atoms with Crippen LogP contribution >= 0.6 is 0 Å². The van der Waals surface area contributed by atoms with Crippen molar-refractivity contribution in [2.45, 2.75) is 51.1 Å². The standard InChI is InChI=1S/C13H22N2O3/c1-3-6-9(14)11(16)15-10-7-4-5-8-13(10,2)12(17)18/h3,9-10H,1,4-8,14H2,2H3,(H,15,16)(H,17,18). The summed E-state index contributed by atoms with van der Waals surface area (Å²) in [6, 6.07) is -0.991. The number of carbonyl (C=O) groups is 2. The van der Waals surface area contributed by atoms with Gasteiger partial charge >= 0.3 is 5.97 Å². The zero-order valence-electron chi connectivity index (χ0n) is 10.8. The summed E-state index contributed by atoms with van der Waals surface area (Å²) in [5.74, 6) is -1.15. The number of rotatable bonds is 5. The van der Waals surface area contributed by atoms with Crippen LogP contribution in [0.1, 0.15) is 39.0 Å². The average Bonchev–Trinajstić information content (AvgIpc) is 2.32. The first-order valence-electron chi connectivity index (χ1n) is 6.32. The van der Waals surface area contributed by atoms with Gasteiger partial charge in [0.15, 0.2) is 0 Å². The summed E-state index contributed by atoms with van der Waals surface area (Å²) in [5, 5.41) is 12.1. The molecular weight excluding hydrogens is 232 g/mol. The highest BCUT2D eigenvalue weighted by Crippen LogP contribution is 2.36. The van der Waals surface area contributed by atoms with Crippen LogP contribution in [0.25, 0.3) is 0 Å². The van der Waals surface area contributed by atoms with E-state index in [0.717, 1.165) is 12.8 Å². The number of carboxylic acid groups (broad SMARTS) is 1. The zero-order chi connectivity index (χ0) is 13.8. The van der Waals surface area contributed by atoms with E-state index in [0.29, 0.717) is 19.3 Å². The second-order valence-corrected chi connectivity index (χ2v) is 5.16. The molecule has 3 atom stereocenters. The van der Waals surface area contributed by atoms with Crippen LogP contribution in [-0.2, 0) is 9.59 Å². The Labute approximate surface area is 107 Å². The summed E-state index contributed by atoms with van der Waals surface area (Å²) >= 11 is 0. The zero-order valence-corrected chi connectivity index (χ0v) is 10.8. The summed E-state index contributed by atoms with van der Waals surface area (Å²) in [4.78, 5) is 23.2. The number of aliphatic carboxylic acids is 1. The largest absolute Gasteiger partial charge is 0.481 e. The minimum Gasteiger partial charge on any atom is -0.481 e. The van der Waals surface area contributed by atoms with Crippen molar-refractivity contribution in [2.24, 2.45) is 11.1 Å². The molecule has 0 radical (unpaired) electrons. The molecule has 0 aromatic carbocycles. The third kappa shape index (κ3) is 3.10. The Morgan fingerprint density at radius 2 is 2.28 bits per heavy atom. The van der Waals surface area contributed by atoms with Gasteiger partial charge in [0.1, 0.15) is 0 Å². The van der Waals surface area contributed by atoms with Crippen LogP contribution in [0, 0.1) is 5.41 Å². The molecule has 1 rings (SSSR count). The van der Waals surface area contributed by atoms with Gasteiger partial charge in [0.2, 0.25) is 5.91 Å². The highest BCUT2D eigenvalue weighted by Gasteiger charge is 2.44. The maximum atomic E-state index is 11.8. The lowest BCUT2D eigenvalue weighted by Gasteiger charge is -2.38. The van der Waals surface area contributed by atoms with E-state index in [1.807, 2.05) is 0 Å². The fraction of sp³-hybridized carbons (Fsp3) is 0.692. The summed E-state index contributed by atoms with van der Waals surface area (Å²) in [5.41, 5.74) is 4.79. The average molecular weight is 254 g/mol. The third-order valence-electron chi connectivity index (χ3n) is 3.77. The molecule has 5 heteroatoms. The lowest BCUT2D eigenvalue weighted by molar-refractivity contribution is -0.152. The predicted molar refractivity (Wildman–Crippen MR) is 68.9 cm³/mol. The van der Waals surface area contributed by atoms with Crippen LogP contribution in [0.3, 0.4) is 0 Å². The van der Waals surface area contributed by atoms with Crippen LogP contribution in [0.15, 0.2) is 12.7 Å². The van der Waals surface area contributed by atoms with E-state index in [9.17, 15) is 14.7 Å². The molecule has 1 aliphatic carbocycles. The molecule has 0 bridgehead atoms. The van der Waals surface area contributed by atoms with Crippen molar-refractivity contribution < 1.29 is 14.7 Å². The van der Waals surface area contributed by atoms with Gasteiger partial charge in [0, 0.05) is 6.04 Å². The lowest BCUT2D eigenvalue weighted by atomic mass is 9.71. The summed E-state index contributed by atoms with van der Waals surface area (Å²) in [7, 11) is 0. The Kier molecular flexibility index (Phi) is 4.90. The Balaban J connectivity index is 2.71. The van der Waals surface area contributed by atoms with Gasteiger partial charge in [0.05, 0.1) is 11.5 Å². The van der Waals surface area contributed by atoms with Crippen molar-refractivity contribution >= 4 is 11.9 Å². The minimum absolute atomic E-state index is 0.297. The maximum Gasteiger partial charge on any atom is 0.311 e. The summed E-state index contributed by atoms with van der Waals surface area (Å²) in [6.07, 6.45) is 5.07. The molecule has 1 fully saturated rings. The SMILES string of the molecule is C=CCC(N)C(=O)NC1CCCCC1(C)C(=O)O. The van der Waals surface area contributed by atoms with E-state index in [1.165, 1.54) is 0 Å². The second-order valence-electron chi connectivity index (χ2n) is 5.16. The van der Waals surface area contributed by atoms with E-state index in [-0.39, 0.29) is 11.9 Å². The van der Waals surface area contributed by atoms with Gasteiger partial charge in [-0.05, 0) is 26.2 Å². The number of carboxylic acids is 1. The number of hydrogen-bond acceptors (Lipinski definition) is 3. The molecule has 0 heterocycles. The number of nitrogens with two attached hydrogens (primary N) is 1. The van der Waals surface area contributed by atoms with Crippen molar-refractivity contribution in [3.63, 3.8) is 0 Å². The molecule has 0 aromatic heterocycles. The van der Waals surface area contributed by atoms with E-state index < -0.39 is 17.4 Å². The van der Waals surface area contributed by atoms with E-state index in [4.69, 9.17) is 5.73 Å². The van der Waals surface area contributed by atoms with Gasteiger partial charge in [-0.15, -0.1) is 6.58 Å². The van der Waals surface area contributed by atoms with Crippen molar-refractivity contribution in [2.75, 3.05) is 0 Å². The molecule has 1 amide bonds. The Bertz CT molecular complexity index is 343.